The maximum Gasteiger partial charge on any atom is 0.273 e. The van der Waals surface area contributed by atoms with Gasteiger partial charge in [-0.2, -0.15) is 0 Å². The summed E-state index contributed by atoms with van der Waals surface area (Å²) in [5, 5.41) is 13.4. The first kappa shape index (κ1) is 16.7. The zero-order valence-electron chi connectivity index (χ0n) is 14.1. The topological polar surface area (TPSA) is 97.7 Å². The van der Waals surface area contributed by atoms with Gasteiger partial charge in [-0.3, -0.25) is 4.79 Å². The minimum atomic E-state index is -1.24. The molecule has 1 fully saturated rings. The van der Waals surface area contributed by atoms with Gasteiger partial charge in [0.15, 0.2) is 17.8 Å². The van der Waals surface area contributed by atoms with Crippen LogP contribution in [0.5, 0.6) is 0 Å². The summed E-state index contributed by atoms with van der Waals surface area (Å²) < 4.78 is 16.3. The second-order valence-electron chi connectivity index (χ2n) is 6.35. The fourth-order valence-corrected chi connectivity index (χ4v) is 3.04. The molecular formula is C17H22N2O5. The van der Waals surface area contributed by atoms with E-state index >= 15 is 0 Å². The monoisotopic (exact) mass is 334 g/mol. The van der Waals surface area contributed by atoms with Gasteiger partial charge in [0.05, 0.1) is 6.54 Å². The molecule has 2 N–H and O–H groups in total. The first-order valence-electron chi connectivity index (χ1n) is 8.01. The highest BCUT2D eigenvalue weighted by atomic mass is 16.5. The van der Waals surface area contributed by atoms with Crippen LogP contribution >= 0.6 is 0 Å². The number of nitrogens with zero attached hydrogens (tertiary/aromatic N) is 1. The Morgan fingerprint density at radius 2 is 2.29 bits per heavy atom. The van der Waals surface area contributed by atoms with Crippen molar-refractivity contribution in [2.75, 3.05) is 13.2 Å². The number of oxazole rings is 1. The number of furan rings is 1. The van der Waals surface area contributed by atoms with Crippen LogP contribution in [0.4, 0.5) is 0 Å². The van der Waals surface area contributed by atoms with E-state index in [0.717, 1.165) is 12.8 Å². The molecule has 1 aliphatic rings. The van der Waals surface area contributed by atoms with Crippen molar-refractivity contribution in [3.05, 3.63) is 41.0 Å². The smallest absolute Gasteiger partial charge is 0.273 e. The highest BCUT2D eigenvalue weighted by Gasteiger charge is 2.31. The Labute approximate surface area is 140 Å². The summed E-state index contributed by atoms with van der Waals surface area (Å²) in [4.78, 5) is 16.4. The number of aryl methyl sites for hydroxylation is 2. The highest BCUT2D eigenvalue weighted by molar-refractivity contribution is 5.93. The van der Waals surface area contributed by atoms with Gasteiger partial charge < -0.3 is 24.0 Å². The average molecular weight is 334 g/mol. The van der Waals surface area contributed by atoms with Crippen molar-refractivity contribution < 1.29 is 23.5 Å². The van der Waals surface area contributed by atoms with Crippen LogP contribution in [0.1, 0.15) is 59.2 Å². The number of rotatable bonds is 5. The number of amides is 1. The van der Waals surface area contributed by atoms with Gasteiger partial charge in [-0.15, -0.1) is 0 Å². The van der Waals surface area contributed by atoms with Gasteiger partial charge in [0.25, 0.3) is 5.91 Å². The van der Waals surface area contributed by atoms with Gasteiger partial charge >= 0.3 is 0 Å². The molecule has 0 spiro atoms. The number of aliphatic hydroxyl groups is 1. The van der Waals surface area contributed by atoms with Crippen molar-refractivity contribution in [3.8, 4) is 0 Å². The van der Waals surface area contributed by atoms with Crippen LogP contribution in [-0.2, 0) is 10.3 Å². The first-order chi connectivity index (χ1) is 11.4. The van der Waals surface area contributed by atoms with Crippen LogP contribution in [0, 0.1) is 13.8 Å². The number of hydrogen-bond acceptors (Lipinski definition) is 6. The third-order valence-corrected chi connectivity index (χ3v) is 4.25. The first-order valence-corrected chi connectivity index (χ1v) is 8.01. The van der Waals surface area contributed by atoms with Crippen LogP contribution in [-0.4, -0.2) is 29.1 Å². The normalized spacial score (nSPS) is 20.1. The quantitative estimate of drug-likeness (QED) is 0.871. The minimum absolute atomic E-state index is 0.0312. The average Bonchev–Trinajstić information content (AvgIpc) is 3.24. The van der Waals surface area contributed by atoms with Crippen LogP contribution < -0.4 is 5.32 Å². The number of nitrogens with one attached hydrogen (secondary N) is 1. The number of hydrogen-bond donors (Lipinski definition) is 2. The second-order valence-corrected chi connectivity index (χ2v) is 6.35. The van der Waals surface area contributed by atoms with E-state index in [4.69, 9.17) is 13.6 Å². The lowest BCUT2D eigenvalue weighted by atomic mass is 9.96. The van der Waals surface area contributed by atoms with E-state index in [2.05, 4.69) is 10.3 Å². The molecule has 3 rings (SSSR count). The summed E-state index contributed by atoms with van der Waals surface area (Å²) in [6.07, 6.45) is 2.75. The molecule has 7 nitrogen and oxygen atoms in total. The Morgan fingerprint density at radius 1 is 1.50 bits per heavy atom. The molecule has 7 heteroatoms. The van der Waals surface area contributed by atoms with Gasteiger partial charge in [-0.25, -0.2) is 4.98 Å². The largest absolute Gasteiger partial charge is 0.466 e. The van der Waals surface area contributed by atoms with Crippen LogP contribution in [0.15, 0.2) is 21.3 Å². The molecule has 2 aromatic heterocycles. The maximum absolute atomic E-state index is 12.4. The van der Waals surface area contributed by atoms with E-state index in [1.807, 2.05) is 6.92 Å². The molecule has 2 unspecified atom stereocenters. The van der Waals surface area contributed by atoms with E-state index < -0.39 is 11.5 Å². The van der Waals surface area contributed by atoms with Gasteiger partial charge in [0.1, 0.15) is 23.2 Å². The Bertz CT molecular complexity index is 725. The predicted octanol–water partition coefficient (Wildman–Crippen LogP) is 2.37. The van der Waals surface area contributed by atoms with Crippen molar-refractivity contribution in [2.24, 2.45) is 0 Å². The lowest BCUT2D eigenvalue weighted by molar-refractivity contribution is 0.0508. The van der Waals surface area contributed by atoms with E-state index in [0.29, 0.717) is 29.5 Å². The molecule has 2 aromatic rings. The zero-order valence-corrected chi connectivity index (χ0v) is 14.1. The lowest BCUT2D eigenvalue weighted by Gasteiger charge is -2.23. The zero-order chi connectivity index (χ0) is 17.3. The fourth-order valence-electron chi connectivity index (χ4n) is 3.04. The Hall–Kier alpha value is -2.12. The fraction of sp³-hybridized carbons (Fsp3) is 0.529. The lowest BCUT2D eigenvalue weighted by Crippen LogP contribution is -2.39. The number of carbonyl (C=O) groups is 1. The summed E-state index contributed by atoms with van der Waals surface area (Å²) in [6, 6.07) is 1.77. The Balaban J connectivity index is 1.69. The van der Waals surface area contributed by atoms with Crippen molar-refractivity contribution >= 4 is 5.91 Å². The predicted molar refractivity (Wildman–Crippen MR) is 84.5 cm³/mol. The van der Waals surface area contributed by atoms with E-state index in [1.165, 1.54) is 6.39 Å². The summed E-state index contributed by atoms with van der Waals surface area (Å²) in [7, 11) is 0. The molecule has 3 heterocycles. The molecule has 0 radical (unpaired) electrons. The molecule has 130 valence electrons. The van der Waals surface area contributed by atoms with E-state index in [9.17, 15) is 9.90 Å². The summed E-state index contributed by atoms with van der Waals surface area (Å²) in [5.41, 5.74) is -0.386. The van der Waals surface area contributed by atoms with Gasteiger partial charge in [-0.1, -0.05) is 0 Å². The molecule has 1 amide bonds. The van der Waals surface area contributed by atoms with Crippen molar-refractivity contribution in [3.63, 3.8) is 0 Å². The molecule has 0 bridgehead atoms. The van der Waals surface area contributed by atoms with Crippen molar-refractivity contribution in [1.82, 2.24) is 10.3 Å². The summed E-state index contributed by atoms with van der Waals surface area (Å²) in [6.45, 7) is 5.91. The van der Waals surface area contributed by atoms with Crippen molar-refractivity contribution in [1.29, 1.82) is 0 Å². The number of ether oxygens (including phenoxy) is 1. The summed E-state index contributed by atoms with van der Waals surface area (Å²) >= 11 is 0. The molecule has 0 aromatic carbocycles. The second kappa shape index (κ2) is 6.41. The Morgan fingerprint density at radius 3 is 2.92 bits per heavy atom. The van der Waals surface area contributed by atoms with E-state index in [-0.39, 0.29) is 18.3 Å². The van der Waals surface area contributed by atoms with Gasteiger partial charge in [0.2, 0.25) is 0 Å². The van der Waals surface area contributed by atoms with Crippen molar-refractivity contribution in [2.45, 2.75) is 45.3 Å². The molecular weight excluding hydrogens is 312 g/mol. The van der Waals surface area contributed by atoms with Gasteiger partial charge in [0, 0.05) is 12.2 Å². The maximum atomic E-state index is 12.4. The SMILES string of the molecule is Cc1cc(C(C)(O)CNC(=O)c2ncoc2C2CCCO2)c(C)o1. The number of carbonyl (C=O) groups excluding carboxylic acids is 1. The molecule has 24 heavy (non-hydrogen) atoms. The number of aromatic nitrogens is 1. The summed E-state index contributed by atoms with van der Waals surface area (Å²) in [5.74, 6) is 1.40. The van der Waals surface area contributed by atoms with Crippen LogP contribution in [0.2, 0.25) is 0 Å². The molecule has 1 aliphatic heterocycles. The van der Waals surface area contributed by atoms with Crippen LogP contribution in [0.25, 0.3) is 0 Å². The third-order valence-electron chi connectivity index (χ3n) is 4.25. The molecule has 0 aliphatic carbocycles. The van der Waals surface area contributed by atoms with E-state index in [1.54, 1.807) is 19.9 Å². The Kier molecular flexibility index (Phi) is 4.47. The molecule has 2 atom stereocenters. The van der Waals surface area contributed by atoms with Crippen LogP contribution in [0.3, 0.4) is 0 Å². The minimum Gasteiger partial charge on any atom is -0.466 e. The standard InChI is InChI=1S/C17H22N2O5/c1-10-7-12(11(2)24-10)17(3,21)8-18-16(20)14-15(23-9-19-14)13-5-4-6-22-13/h7,9,13,21H,4-6,8H2,1-3H3,(H,18,20). The third kappa shape index (κ3) is 3.22. The van der Waals surface area contributed by atoms with Gasteiger partial charge in [-0.05, 0) is 39.7 Å². The molecule has 1 saturated heterocycles. The highest BCUT2D eigenvalue weighted by Crippen LogP contribution is 2.31. The molecule has 0 saturated carbocycles.